The normalized spacial score (nSPS) is 11.9. The Bertz CT molecular complexity index is 992. The minimum atomic E-state index is -0.646. The van der Waals surface area contributed by atoms with Crippen LogP contribution in [0.25, 0.3) is 0 Å². The van der Waals surface area contributed by atoms with Gasteiger partial charge in [-0.2, -0.15) is 0 Å². The molecule has 0 bridgehead atoms. The predicted molar refractivity (Wildman–Crippen MR) is 135 cm³/mol. The van der Waals surface area contributed by atoms with Crippen molar-refractivity contribution in [3.8, 4) is 5.75 Å². The van der Waals surface area contributed by atoms with E-state index in [9.17, 15) is 9.59 Å². The van der Waals surface area contributed by atoms with Crippen LogP contribution in [0.2, 0.25) is 10.0 Å². The SMILES string of the molecule is CCC(C(=O)NCC(C)C)N(Cc1ccc(Cl)cc1Cl)C(=O)COc1cc(C)cc(C)c1C. The Kier molecular flexibility index (Phi) is 10.1. The fourth-order valence-corrected chi connectivity index (χ4v) is 4.02. The quantitative estimate of drug-likeness (QED) is 0.450. The van der Waals surface area contributed by atoms with Gasteiger partial charge >= 0.3 is 0 Å². The Morgan fingerprint density at radius 2 is 1.79 bits per heavy atom. The predicted octanol–water partition coefficient (Wildman–Crippen LogP) is 5.88. The highest BCUT2D eigenvalue weighted by Crippen LogP contribution is 2.25. The summed E-state index contributed by atoms with van der Waals surface area (Å²) in [6, 6.07) is 8.48. The molecule has 0 saturated heterocycles. The van der Waals surface area contributed by atoms with Gasteiger partial charge < -0.3 is 15.0 Å². The molecule has 2 aromatic carbocycles. The van der Waals surface area contributed by atoms with Crippen LogP contribution in [0.1, 0.15) is 49.4 Å². The smallest absolute Gasteiger partial charge is 0.261 e. The van der Waals surface area contributed by atoms with Crippen LogP contribution in [0.5, 0.6) is 5.75 Å². The van der Waals surface area contributed by atoms with Crippen molar-refractivity contribution in [3.63, 3.8) is 0 Å². The van der Waals surface area contributed by atoms with Crippen LogP contribution in [0.3, 0.4) is 0 Å². The summed E-state index contributed by atoms with van der Waals surface area (Å²) in [6.45, 7) is 12.4. The molecule has 180 valence electrons. The Morgan fingerprint density at radius 1 is 1.09 bits per heavy atom. The van der Waals surface area contributed by atoms with Crippen LogP contribution in [-0.4, -0.2) is 35.9 Å². The zero-order chi connectivity index (χ0) is 24.7. The Labute approximate surface area is 207 Å². The van der Waals surface area contributed by atoms with E-state index in [0.29, 0.717) is 40.2 Å². The maximum atomic E-state index is 13.4. The molecule has 0 fully saturated rings. The Hall–Kier alpha value is -2.24. The van der Waals surface area contributed by atoms with Gasteiger partial charge in [0.2, 0.25) is 5.91 Å². The Balaban J connectivity index is 2.29. The van der Waals surface area contributed by atoms with E-state index in [1.807, 2.05) is 47.6 Å². The van der Waals surface area contributed by atoms with Crippen LogP contribution < -0.4 is 10.1 Å². The number of nitrogens with zero attached hydrogens (tertiary/aromatic N) is 1. The highest BCUT2D eigenvalue weighted by Gasteiger charge is 2.29. The standard InChI is InChI=1S/C26H34Cl2N2O3/c1-7-23(26(32)29-13-16(2)3)30(14-20-8-9-21(27)12-22(20)28)25(31)15-33-24-11-17(4)10-18(5)19(24)6/h8-12,16,23H,7,13-15H2,1-6H3,(H,29,32). The molecule has 2 amide bonds. The van der Waals surface area contributed by atoms with E-state index in [1.54, 1.807) is 23.1 Å². The summed E-state index contributed by atoms with van der Waals surface area (Å²) in [5, 5.41) is 3.91. The van der Waals surface area contributed by atoms with Gasteiger partial charge in [-0.3, -0.25) is 9.59 Å². The van der Waals surface area contributed by atoms with Crippen molar-refractivity contribution in [2.75, 3.05) is 13.2 Å². The van der Waals surface area contributed by atoms with E-state index >= 15 is 0 Å². The summed E-state index contributed by atoms with van der Waals surface area (Å²) < 4.78 is 5.92. The third kappa shape index (κ3) is 7.65. The maximum absolute atomic E-state index is 13.4. The zero-order valence-corrected chi connectivity index (χ0v) is 21.8. The number of amides is 2. The van der Waals surface area contributed by atoms with Crippen molar-refractivity contribution < 1.29 is 14.3 Å². The molecule has 33 heavy (non-hydrogen) atoms. The monoisotopic (exact) mass is 492 g/mol. The molecule has 0 aromatic heterocycles. The van der Waals surface area contributed by atoms with E-state index in [4.69, 9.17) is 27.9 Å². The van der Waals surface area contributed by atoms with Crippen molar-refractivity contribution in [3.05, 3.63) is 62.6 Å². The molecule has 0 aliphatic heterocycles. The van der Waals surface area contributed by atoms with Crippen LogP contribution in [-0.2, 0) is 16.1 Å². The van der Waals surface area contributed by atoms with Crippen molar-refractivity contribution in [2.45, 2.75) is 60.5 Å². The maximum Gasteiger partial charge on any atom is 0.261 e. The average molecular weight is 493 g/mol. The minimum absolute atomic E-state index is 0.178. The van der Waals surface area contributed by atoms with Crippen molar-refractivity contribution >= 4 is 35.0 Å². The lowest BCUT2D eigenvalue weighted by atomic mass is 10.1. The summed E-state index contributed by atoms with van der Waals surface area (Å²) in [5.74, 6) is 0.498. The number of rotatable bonds is 10. The van der Waals surface area contributed by atoms with E-state index in [2.05, 4.69) is 11.4 Å². The molecule has 0 aliphatic carbocycles. The van der Waals surface area contributed by atoms with Gasteiger partial charge in [-0.15, -0.1) is 0 Å². The number of halogens is 2. The molecule has 5 nitrogen and oxygen atoms in total. The van der Waals surface area contributed by atoms with Gasteiger partial charge in [0.25, 0.3) is 5.91 Å². The number of nitrogens with one attached hydrogen (secondary N) is 1. The first kappa shape index (κ1) is 27.0. The summed E-state index contributed by atoms with van der Waals surface area (Å²) in [6.07, 6.45) is 0.462. The topological polar surface area (TPSA) is 58.6 Å². The second kappa shape index (κ2) is 12.3. The average Bonchev–Trinajstić information content (AvgIpc) is 2.74. The third-order valence-electron chi connectivity index (χ3n) is 5.54. The lowest BCUT2D eigenvalue weighted by Crippen LogP contribution is -2.50. The van der Waals surface area contributed by atoms with E-state index in [1.165, 1.54) is 0 Å². The molecular weight excluding hydrogens is 459 g/mol. The number of hydrogen-bond acceptors (Lipinski definition) is 3. The molecular formula is C26H34Cl2N2O3. The lowest BCUT2D eigenvalue weighted by Gasteiger charge is -2.31. The van der Waals surface area contributed by atoms with Gasteiger partial charge in [0.1, 0.15) is 11.8 Å². The fourth-order valence-electron chi connectivity index (χ4n) is 3.55. The highest BCUT2D eigenvalue weighted by molar-refractivity contribution is 6.35. The number of benzene rings is 2. The van der Waals surface area contributed by atoms with Gasteiger partial charge in [-0.25, -0.2) is 0 Å². The molecule has 1 atom stereocenters. The molecule has 2 aromatic rings. The molecule has 0 spiro atoms. The largest absolute Gasteiger partial charge is 0.483 e. The van der Waals surface area contributed by atoms with E-state index in [-0.39, 0.29) is 25.0 Å². The van der Waals surface area contributed by atoms with Crippen LogP contribution in [0.15, 0.2) is 30.3 Å². The molecule has 0 aliphatic rings. The number of ether oxygens (including phenoxy) is 1. The number of carbonyl (C=O) groups excluding carboxylic acids is 2. The molecule has 7 heteroatoms. The van der Waals surface area contributed by atoms with E-state index in [0.717, 1.165) is 16.7 Å². The lowest BCUT2D eigenvalue weighted by molar-refractivity contribution is -0.143. The van der Waals surface area contributed by atoms with Crippen molar-refractivity contribution in [1.82, 2.24) is 10.2 Å². The van der Waals surface area contributed by atoms with Gasteiger partial charge in [0, 0.05) is 23.1 Å². The first-order chi connectivity index (χ1) is 15.5. The summed E-state index contributed by atoms with van der Waals surface area (Å²) >= 11 is 12.4. The first-order valence-electron chi connectivity index (χ1n) is 11.2. The number of carbonyl (C=O) groups is 2. The summed E-state index contributed by atoms with van der Waals surface area (Å²) in [4.78, 5) is 27.9. The molecule has 0 heterocycles. The summed E-state index contributed by atoms with van der Waals surface area (Å²) in [7, 11) is 0. The van der Waals surface area contributed by atoms with Crippen molar-refractivity contribution in [1.29, 1.82) is 0 Å². The zero-order valence-electron chi connectivity index (χ0n) is 20.3. The number of aryl methyl sites for hydroxylation is 2. The van der Waals surface area contributed by atoms with Gasteiger partial charge in [0.05, 0.1) is 0 Å². The number of hydrogen-bond donors (Lipinski definition) is 1. The van der Waals surface area contributed by atoms with Gasteiger partial charge in [-0.1, -0.05) is 56.1 Å². The molecule has 1 unspecified atom stereocenters. The Morgan fingerprint density at radius 3 is 2.39 bits per heavy atom. The second-order valence-electron chi connectivity index (χ2n) is 8.81. The van der Waals surface area contributed by atoms with Crippen molar-refractivity contribution in [2.24, 2.45) is 5.92 Å². The molecule has 1 N–H and O–H groups in total. The van der Waals surface area contributed by atoms with E-state index < -0.39 is 6.04 Å². The fraction of sp³-hybridized carbons (Fsp3) is 0.462. The molecule has 0 radical (unpaired) electrons. The molecule has 0 saturated carbocycles. The molecule has 2 rings (SSSR count). The van der Waals surface area contributed by atoms with Crippen LogP contribution in [0, 0.1) is 26.7 Å². The first-order valence-corrected chi connectivity index (χ1v) is 12.0. The second-order valence-corrected chi connectivity index (χ2v) is 9.66. The van der Waals surface area contributed by atoms with Gasteiger partial charge in [0.15, 0.2) is 6.61 Å². The van der Waals surface area contributed by atoms with Gasteiger partial charge in [-0.05, 0) is 73.6 Å². The van der Waals surface area contributed by atoms with Crippen LogP contribution in [0.4, 0.5) is 0 Å². The minimum Gasteiger partial charge on any atom is -0.483 e. The van der Waals surface area contributed by atoms with Crippen LogP contribution >= 0.6 is 23.2 Å². The third-order valence-corrected chi connectivity index (χ3v) is 6.13. The summed E-state index contributed by atoms with van der Waals surface area (Å²) in [5.41, 5.74) is 3.86. The highest BCUT2D eigenvalue weighted by atomic mass is 35.5.